The molecule has 1 aliphatic heterocycles. The minimum absolute atomic E-state index is 0.0168. The van der Waals surface area contributed by atoms with E-state index in [0.717, 1.165) is 11.1 Å². The maximum Gasteiger partial charge on any atom is 0.304 e. The maximum atomic E-state index is 13.3. The number of aliphatic imine (C=N–C) groups is 1. The van der Waals surface area contributed by atoms with Gasteiger partial charge < -0.3 is 15.6 Å². The largest absolute Gasteiger partial charge is 0.391 e. The summed E-state index contributed by atoms with van der Waals surface area (Å²) in [6.45, 7) is 2.42. The lowest BCUT2D eigenvalue weighted by atomic mass is 9.91. The van der Waals surface area contributed by atoms with Gasteiger partial charge in [-0.1, -0.05) is 61.0 Å². The molecule has 0 saturated heterocycles. The van der Waals surface area contributed by atoms with Crippen molar-refractivity contribution in [1.82, 2.24) is 14.0 Å². The molecule has 0 aliphatic carbocycles. The van der Waals surface area contributed by atoms with Crippen LogP contribution in [0.3, 0.4) is 0 Å². The Morgan fingerprint density at radius 1 is 1.28 bits per heavy atom. The zero-order chi connectivity index (χ0) is 28.4. The molecule has 1 aliphatic rings. The van der Waals surface area contributed by atoms with Crippen molar-refractivity contribution in [2.45, 2.75) is 31.8 Å². The first-order valence-electron chi connectivity index (χ1n) is 12.6. The Morgan fingerprint density at radius 3 is 2.59 bits per heavy atom. The smallest absolute Gasteiger partial charge is 0.304 e. The number of methoxy groups -OCH3 is 1. The molecule has 0 saturated carbocycles. The third-order valence-electron chi connectivity index (χ3n) is 6.13. The van der Waals surface area contributed by atoms with Gasteiger partial charge in [0.15, 0.2) is 0 Å². The molecule has 2 unspecified atom stereocenters. The zero-order valence-corrected chi connectivity index (χ0v) is 23.6. The minimum Gasteiger partial charge on any atom is -0.391 e. The van der Waals surface area contributed by atoms with E-state index in [2.05, 4.69) is 9.71 Å². The summed E-state index contributed by atoms with van der Waals surface area (Å²) < 4.78 is 35.4. The van der Waals surface area contributed by atoms with Crippen LogP contribution >= 0.6 is 11.6 Å². The van der Waals surface area contributed by atoms with Gasteiger partial charge in [-0.3, -0.25) is 4.79 Å². The lowest BCUT2D eigenvalue weighted by Crippen LogP contribution is -2.49. The maximum absolute atomic E-state index is 13.3. The second-order valence-corrected chi connectivity index (χ2v) is 11.1. The van der Waals surface area contributed by atoms with Gasteiger partial charge in [-0.2, -0.15) is 17.8 Å². The quantitative estimate of drug-likeness (QED) is 0.244. The lowest BCUT2D eigenvalue weighted by Gasteiger charge is -2.25. The first kappa shape index (κ1) is 30.5. The molecule has 1 amide bonds. The predicted molar refractivity (Wildman–Crippen MR) is 152 cm³/mol. The number of hydrogen-bond acceptors (Lipinski definition) is 7. The summed E-state index contributed by atoms with van der Waals surface area (Å²) in [5.41, 5.74) is 7.73. The number of hydrogen-bond donors (Lipinski definition) is 3. The number of carbonyl (C=O) groups excluding carboxylic acids is 1. The van der Waals surface area contributed by atoms with Gasteiger partial charge >= 0.3 is 10.2 Å². The number of nitrogens with two attached hydrogens (primary N) is 1. The summed E-state index contributed by atoms with van der Waals surface area (Å²) in [7, 11) is -2.54. The number of halogens is 1. The Labute approximate surface area is 234 Å². The molecule has 3 rings (SSSR count). The number of aliphatic hydroxyl groups is 1. The van der Waals surface area contributed by atoms with E-state index < -0.39 is 22.2 Å². The third-order valence-corrected chi connectivity index (χ3v) is 7.95. The number of aliphatic hydroxyl groups excluding tert-OH is 1. The number of benzene rings is 2. The summed E-state index contributed by atoms with van der Waals surface area (Å²) in [6.07, 6.45) is -0.920. The van der Waals surface area contributed by atoms with Gasteiger partial charge in [0, 0.05) is 37.6 Å². The van der Waals surface area contributed by atoms with Crippen molar-refractivity contribution in [3.8, 4) is 0 Å². The van der Waals surface area contributed by atoms with Crippen molar-refractivity contribution in [2.75, 3.05) is 39.9 Å². The molecule has 212 valence electrons. The highest BCUT2D eigenvalue weighted by molar-refractivity contribution is 7.87. The number of nitrogens with zero attached hydrogens (tertiary/aromatic N) is 4. The molecule has 2 atom stereocenters. The van der Waals surface area contributed by atoms with E-state index in [0.29, 0.717) is 17.3 Å². The van der Waals surface area contributed by atoms with E-state index in [4.69, 9.17) is 27.2 Å². The van der Waals surface area contributed by atoms with Gasteiger partial charge in [-0.05, 0) is 29.7 Å². The van der Waals surface area contributed by atoms with Crippen LogP contribution < -0.4 is 10.5 Å². The van der Waals surface area contributed by atoms with Crippen molar-refractivity contribution in [3.63, 3.8) is 0 Å². The van der Waals surface area contributed by atoms with Crippen molar-refractivity contribution in [3.05, 3.63) is 70.7 Å². The molecular weight excluding hydrogens is 544 g/mol. The van der Waals surface area contributed by atoms with Gasteiger partial charge in [0.05, 0.1) is 31.5 Å². The molecule has 0 radical (unpaired) electrons. The predicted octanol–water partition coefficient (Wildman–Crippen LogP) is 1.93. The standard InChI is InChI=1S/C26H35ClN6O5S/c1-3-32(15-16-38-2)39(36,37)31-26(29-17-22(34)13-14-24(28)35)33-18-23(19-7-5-4-6-8-19)25(30-33)20-9-11-21(27)12-10-20/h4-12,22-23,34H,3,13-18H2,1-2H3,(H2,28,35)(H,29,31). The molecule has 0 bridgehead atoms. The van der Waals surface area contributed by atoms with Crippen LogP contribution in [0.2, 0.25) is 5.02 Å². The number of hydrazone groups is 1. The number of primary amides is 1. The summed E-state index contributed by atoms with van der Waals surface area (Å²) in [4.78, 5) is 15.5. The van der Waals surface area contributed by atoms with Crippen molar-refractivity contribution >= 4 is 39.4 Å². The topological polar surface area (TPSA) is 150 Å². The lowest BCUT2D eigenvalue weighted by molar-refractivity contribution is -0.118. The van der Waals surface area contributed by atoms with Crippen LogP contribution in [0.1, 0.15) is 36.8 Å². The van der Waals surface area contributed by atoms with Gasteiger partial charge in [0.2, 0.25) is 11.9 Å². The fourth-order valence-electron chi connectivity index (χ4n) is 4.04. The Kier molecular flexibility index (Phi) is 11.3. The highest BCUT2D eigenvalue weighted by Gasteiger charge is 2.34. The van der Waals surface area contributed by atoms with E-state index >= 15 is 0 Å². The number of nitrogens with one attached hydrogen (secondary N) is 1. The van der Waals surface area contributed by atoms with E-state index in [-0.39, 0.29) is 51.0 Å². The molecule has 0 spiro atoms. The summed E-state index contributed by atoms with van der Waals surface area (Å²) in [5, 5.41) is 17.2. The van der Waals surface area contributed by atoms with Crippen molar-refractivity contribution < 1.29 is 23.1 Å². The summed E-state index contributed by atoms with van der Waals surface area (Å²) >= 11 is 6.11. The van der Waals surface area contributed by atoms with Crippen LogP contribution in [-0.2, 0) is 19.7 Å². The van der Waals surface area contributed by atoms with E-state index in [1.54, 1.807) is 19.1 Å². The molecule has 11 nitrogen and oxygen atoms in total. The van der Waals surface area contributed by atoms with E-state index in [1.807, 2.05) is 42.5 Å². The number of rotatable bonds is 13. The highest BCUT2D eigenvalue weighted by atomic mass is 35.5. The third kappa shape index (κ3) is 8.73. The molecule has 0 aromatic heterocycles. The molecule has 1 heterocycles. The van der Waals surface area contributed by atoms with Gasteiger partial charge in [0.1, 0.15) is 0 Å². The highest BCUT2D eigenvalue weighted by Crippen LogP contribution is 2.29. The van der Waals surface area contributed by atoms with Crippen molar-refractivity contribution in [1.29, 1.82) is 0 Å². The Bertz CT molecular complexity index is 1260. The van der Waals surface area contributed by atoms with Crippen LogP contribution in [-0.4, -0.2) is 86.4 Å². The van der Waals surface area contributed by atoms with Gasteiger partial charge in [-0.15, -0.1) is 0 Å². The van der Waals surface area contributed by atoms with Gasteiger partial charge in [-0.25, -0.2) is 14.7 Å². The van der Waals surface area contributed by atoms with E-state index in [1.165, 1.54) is 16.4 Å². The Balaban J connectivity index is 1.98. The first-order valence-corrected chi connectivity index (χ1v) is 14.4. The Morgan fingerprint density at radius 2 is 1.97 bits per heavy atom. The molecule has 2 aromatic rings. The molecular formula is C26H35ClN6O5S. The average Bonchev–Trinajstić information content (AvgIpc) is 3.36. The van der Waals surface area contributed by atoms with E-state index in [9.17, 15) is 18.3 Å². The van der Waals surface area contributed by atoms with Crippen LogP contribution in [0.5, 0.6) is 0 Å². The van der Waals surface area contributed by atoms with Crippen LogP contribution in [0.15, 0.2) is 64.7 Å². The number of carbonyl (C=O) groups is 1. The van der Waals surface area contributed by atoms with Crippen LogP contribution in [0.25, 0.3) is 0 Å². The fraction of sp³-hybridized carbons (Fsp3) is 0.423. The first-order chi connectivity index (χ1) is 18.6. The second kappa shape index (κ2) is 14.4. The average molecular weight is 579 g/mol. The SMILES string of the molecule is CCN(CCOC)S(=O)(=O)NC(=NCC(O)CCC(N)=O)N1CC(c2ccccc2)C(c2ccc(Cl)cc2)=N1. The number of amides is 1. The minimum atomic E-state index is -4.04. The monoisotopic (exact) mass is 578 g/mol. The number of likely N-dealkylation sites (N-methyl/N-ethyl adjacent to an activating group) is 1. The fourth-order valence-corrected chi connectivity index (χ4v) is 5.35. The molecule has 0 fully saturated rings. The van der Waals surface area contributed by atoms with Crippen LogP contribution in [0, 0.1) is 0 Å². The molecule has 4 N–H and O–H groups in total. The van der Waals surface area contributed by atoms with Crippen molar-refractivity contribution in [2.24, 2.45) is 15.8 Å². The molecule has 2 aromatic carbocycles. The molecule has 39 heavy (non-hydrogen) atoms. The molecule has 13 heteroatoms. The number of ether oxygens (including phenoxy) is 1. The Hall–Kier alpha value is -3.03. The number of guanidine groups is 1. The normalized spacial score (nSPS) is 16.8. The zero-order valence-electron chi connectivity index (χ0n) is 22.0. The van der Waals surface area contributed by atoms with Gasteiger partial charge in [0.25, 0.3) is 0 Å². The summed E-state index contributed by atoms with van der Waals surface area (Å²) in [6, 6.07) is 17.0. The van der Waals surface area contributed by atoms with Crippen LogP contribution in [0.4, 0.5) is 0 Å². The second-order valence-electron chi connectivity index (χ2n) is 8.95. The summed E-state index contributed by atoms with van der Waals surface area (Å²) in [5.74, 6) is -0.787.